The number of aromatic nitrogens is 6. The maximum atomic E-state index is 5.17. The average Bonchev–Trinajstić information content (AvgIpc) is 3.83. The fourth-order valence-corrected chi connectivity index (χ4v) is 8.76. The van der Waals surface area contributed by atoms with Gasteiger partial charge >= 0.3 is 21.1 Å². The molecule has 0 fully saturated rings. The third-order valence-corrected chi connectivity index (χ3v) is 12.0. The predicted octanol–water partition coefficient (Wildman–Crippen LogP) is 8.40. The molecule has 0 bridgehead atoms. The Morgan fingerprint density at radius 2 is 1.38 bits per heavy atom. The molecule has 0 radical (unpaired) electrons. The molecule has 9 aromatic rings. The quantitative estimate of drug-likeness (QED) is 0.121. The molecule has 0 unspecified atom stereocenters. The number of hydrogen-bond acceptors (Lipinski definition) is 1. The zero-order valence-electron chi connectivity index (χ0n) is 30.0. The average molecular weight is 866 g/mol. The van der Waals surface area contributed by atoms with Crippen molar-refractivity contribution < 1.29 is 30.2 Å². The summed E-state index contributed by atoms with van der Waals surface area (Å²) < 4.78 is 11.1. The van der Waals surface area contributed by atoms with Crippen LogP contribution in [0, 0.1) is 24.5 Å². The third kappa shape index (κ3) is 4.10. The minimum absolute atomic E-state index is 0. The van der Waals surface area contributed by atoms with E-state index >= 15 is 0 Å². The SMILES string of the molecule is C[n+]1c[c-]c2c(c1)C(C)(C)C(C)(C)c1c3[n+]([c-]n1-2)-c1[c-]c(-n2c4[c-]cccc4n4c5ccccc5nc24)ccc1-c1ccccc1-c1ccccc1-3.[Pt+4]. The Morgan fingerprint density at radius 1 is 0.698 bits per heavy atom. The van der Waals surface area contributed by atoms with E-state index in [9.17, 15) is 0 Å². The predicted molar refractivity (Wildman–Crippen MR) is 203 cm³/mol. The van der Waals surface area contributed by atoms with E-state index in [0.29, 0.717) is 0 Å². The minimum Gasteiger partial charge on any atom is -0.332 e. The molecule has 0 saturated carbocycles. The summed E-state index contributed by atoms with van der Waals surface area (Å²) in [6.07, 6.45) is 8.18. The van der Waals surface area contributed by atoms with Crippen LogP contribution in [-0.4, -0.2) is 18.5 Å². The molecule has 0 aliphatic carbocycles. The molecule has 5 aromatic carbocycles. The van der Waals surface area contributed by atoms with Gasteiger partial charge in [-0.05, 0) is 51.0 Å². The fourth-order valence-electron chi connectivity index (χ4n) is 8.76. The summed E-state index contributed by atoms with van der Waals surface area (Å²) in [4.78, 5) is 5.17. The molecule has 6 heterocycles. The number of fused-ring (bicyclic) bond motifs is 17. The minimum atomic E-state index is -0.295. The van der Waals surface area contributed by atoms with E-state index in [1.54, 1.807) is 0 Å². The van der Waals surface area contributed by atoms with Gasteiger partial charge in [0.15, 0.2) is 0 Å². The van der Waals surface area contributed by atoms with Crippen molar-refractivity contribution in [1.29, 1.82) is 0 Å². The monoisotopic (exact) mass is 865 g/mol. The molecule has 0 saturated heterocycles. The van der Waals surface area contributed by atoms with E-state index < -0.39 is 0 Å². The maximum absolute atomic E-state index is 5.17. The van der Waals surface area contributed by atoms with Crippen molar-refractivity contribution in [2.75, 3.05) is 0 Å². The van der Waals surface area contributed by atoms with Gasteiger partial charge in [-0.25, -0.2) is 9.55 Å². The standard InChI is InChI=1S/C46H34N6.Pt/c1-45(2)35-27-48(5)25-24-37(35)50-28-49-41-26-29(51-39-20-12-13-21-40(39)52-38-19-11-10-18-36(38)47-44(51)52)22-23-33(41)31-15-7-6-14-30(31)32-16-8-9-17-34(32)42(49)43(50)46(45,3)4;/h6-19,21-23,25,27H,1-5H3;/q-2;+4. The summed E-state index contributed by atoms with van der Waals surface area (Å²) in [5, 5.41) is 0. The summed E-state index contributed by atoms with van der Waals surface area (Å²) in [5.41, 5.74) is 15.7. The number of hydrogen-bond donors (Lipinski definition) is 0. The first-order valence-corrected chi connectivity index (χ1v) is 17.8. The molecule has 256 valence electrons. The third-order valence-electron chi connectivity index (χ3n) is 12.0. The normalized spacial score (nSPS) is 14.7. The Balaban J connectivity index is 0.00000349. The molecule has 0 amide bonds. The van der Waals surface area contributed by atoms with Crippen molar-refractivity contribution in [3.63, 3.8) is 0 Å². The molecule has 7 heteroatoms. The molecule has 53 heavy (non-hydrogen) atoms. The smallest absolute Gasteiger partial charge is 0.332 e. The van der Waals surface area contributed by atoms with Crippen molar-refractivity contribution in [3.8, 4) is 50.6 Å². The van der Waals surface area contributed by atoms with Gasteiger partial charge in [0.2, 0.25) is 5.78 Å². The van der Waals surface area contributed by atoms with Crippen LogP contribution in [-0.2, 0) is 38.9 Å². The van der Waals surface area contributed by atoms with Crippen molar-refractivity contribution in [1.82, 2.24) is 18.5 Å². The number of para-hydroxylation sites is 3. The van der Waals surface area contributed by atoms with Crippen LogP contribution in [0.2, 0.25) is 0 Å². The van der Waals surface area contributed by atoms with Gasteiger partial charge in [0, 0.05) is 0 Å². The van der Waals surface area contributed by atoms with Gasteiger partial charge in [-0.15, -0.1) is 29.3 Å². The maximum Gasteiger partial charge on any atom is 4.00 e. The Labute approximate surface area is 322 Å². The number of benzene rings is 5. The number of nitrogens with zero attached hydrogens (tertiary/aromatic N) is 6. The van der Waals surface area contributed by atoms with Crippen LogP contribution in [0.4, 0.5) is 0 Å². The number of pyridine rings is 1. The Hall–Kier alpha value is -5.58. The number of imidazole rings is 3. The van der Waals surface area contributed by atoms with Gasteiger partial charge < -0.3 is 18.1 Å². The second kappa shape index (κ2) is 11.0. The molecule has 6 nitrogen and oxygen atoms in total. The summed E-state index contributed by atoms with van der Waals surface area (Å²) in [7, 11) is 2.07. The van der Waals surface area contributed by atoms with E-state index in [1.807, 2.05) is 24.4 Å². The van der Waals surface area contributed by atoms with Gasteiger partial charge in [0.05, 0.1) is 34.8 Å². The van der Waals surface area contributed by atoms with Crippen LogP contribution in [0.5, 0.6) is 0 Å². The molecule has 4 aromatic heterocycles. The molecule has 11 rings (SSSR count). The van der Waals surface area contributed by atoms with Crippen molar-refractivity contribution in [3.05, 3.63) is 151 Å². The molecule has 2 aliphatic rings. The van der Waals surface area contributed by atoms with E-state index in [4.69, 9.17) is 4.98 Å². The summed E-state index contributed by atoms with van der Waals surface area (Å²) >= 11 is 0. The second-order valence-electron chi connectivity index (χ2n) is 15.2. The van der Waals surface area contributed by atoms with Crippen LogP contribution in [0.1, 0.15) is 39.0 Å². The first-order chi connectivity index (χ1) is 25.2. The second-order valence-corrected chi connectivity index (χ2v) is 15.2. The van der Waals surface area contributed by atoms with Crippen molar-refractivity contribution in [2.24, 2.45) is 7.05 Å². The molecule has 0 atom stereocenters. The fraction of sp³-hybridized carbons (Fsp3) is 0.152. The Morgan fingerprint density at radius 3 is 2.17 bits per heavy atom. The molecule has 0 N–H and O–H groups in total. The largest absolute Gasteiger partial charge is 4.00 e. The number of rotatable bonds is 1. The first kappa shape index (κ1) is 32.1. The van der Waals surface area contributed by atoms with Crippen LogP contribution in [0.25, 0.3) is 78.4 Å². The van der Waals surface area contributed by atoms with Gasteiger partial charge in [0.25, 0.3) is 6.33 Å². The molecule has 2 aliphatic heterocycles. The van der Waals surface area contributed by atoms with Crippen LogP contribution >= 0.6 is 0 Å². The van der Waals surface area contributed by atoms with Gasteiger partial charge in [0.1, 0.15) is 7.05 Å². The van der Waals surface area contributed by atoms with Crippen LogP contribution in [0.3, 0.4) is 0 Å². The topological polar surface area (TPSA) is 34.9 Å². The van der Waals surface area contributed by atoms with Crippen LogP contribution in [0.15, 0.2) is 116 Å². The Bertz CT molecular complexity index is 2990. The van der Waals surface area contributed by atoms with E-state index in [-0.39, 0.29) is 31.9 Å². The summed E-state index contributed by atoms with van der Waals surface area (Å²) in [6.45, 7) is 9.48. The van der Waals surface area contributed by atoms with E-state index in [2.05, 4.69) is 173 Å². The number of aryl methyl sites for hydroxylation is 1. The molecular formula is C46H34N6Pt+2. The molecule has 0 spiro atoms. The van der Waals surface area contributed by atoms with E-state index in [1.165, 1.54) is 27.9 Å². The van der Waals surface area contributed by atoms with Gasteiger partial charge in [-0.2, -0.15) is 30.3 Å². The zero-order valence-corrected chi connectivity index (χ0v) is 32.2. The van der Waals surface area contributed by atoms with Gasteiger partial charge in [-0.3, -0.25) is 0 Å². The van der Waals surface area contributed by atoms with E-state index in [0.717, 1.165) is 61.7 Å². The Kier molecular flexibility index (Phi) is 6.65. The summed E-state index contributed by atoms with van der Waals surface area (Å²) in [6, 6.07) is 47.6. The zero-order chi connectivity index (χ0) is 35.1. The van der Waals surface area contributed by atoms with Crippen molar-refractivity contribution >= 4 is 27.8 Å². The molecular weight excluding hydrogens is 832 g/mol. The van der Waals surface area contributed by atoms with Gasteiger partial charge in [-0.1, -0.05) is 111 Å². The van der Waals surface area contributed by atoms with Crippen molar-refractivity contribution in [2.45, 2.75) is 38.5 Å². The van der Waals surface area contributed by atoms with Crippen LogP contribution < -0.4 is 9.13 Å². The summed E-state index contributed by atoms with van der Waals surface area (Å²) in [5.74, 6) is 0.830. The first-order valence-electron chi connectivity index (χ1n) is 17.8.